The summed E-state index contributed by atoms with van der Waals surface area (Å²) in [7, 11) is 0. The number of halogens is 1. The van der Waals surface area contributed by atoms with Gasteiger partial charge in [0.2, 0.25) is 0 Å². The van der Waals surface area contributed by atoms with Gasteiger partial charge in [-0.1, -0.05) is 0 Å². The molecule has 3 N–H and O–H groups in total. The molecule has 1 aliphatic rings. The monoisotopic (exact) mass is 391 g/mol. The molecular formula is C14H26IN5. The largest absolute Gasteiger partial charge is 0.370 e. The van der Waals surface area contributed by atoms with Crippen LogP contribution in [0.5, 0.6) is 0 Å². The fourth-order valence-corrected chi connectivity index (χ4v) is 2.31. The lowest BCUT2D eigenvalue weighted by atomic mass is 10.1. The van der Waals surface area contributed by atoms with Gasteiger partial charge in [0.1, 0.15) is 5.82 Å². The minimum Gasteiger partial charge on any atom is -0.370 e. The van der Waals surface area contributed by atoms with Crippen molar-refractivity contribution in [2.24, 2.45) is 10.7 Å². The molecule has 1 aromatic rings. The van der Waals surface area contributed by atoms with Gasteiger partial charge in [0.05, 0.1) is 5.69 Å². The van der Waals surface area contributed by atoms with Crippen molar-refractivity contribution in [3.05, 3.63) is 17.7 Å². The first-order chi connectivity index (χ1) is 8.94. The Hall–Kier alpha value is -0.790. The van der Waals surface area contributed by atoms with E-state index < -0.39 is 0 Å². The number of aromatic nitrogens is 2. The van der Waals surface area contributed by atoms with Crippen molar-refractivity contribution in [1.29, 1.82) is 0 Å². The van der Waals surface area contributed by atoms with Crippen LogP contribution in [0.3, 0.4) is 0 Å². The number of hydrogen-bond donors (Lipinski definition) is 2. The Labute approximate surface area is 138 Å². The summed E-state index contributed by atoms with van der Waals surface area (Å²) in [5, 5.41) is 3.16. The van der Waals surface area contributed by atoms with Crippen LogP contribution in [0.4, 0.5) is 0 Å². The Morgan fingerprint density at radius 2 is 2.20 bits per heavy atom. The van der Waals surface area contributed by atoms with Crippen LogP contribution >= 0.6 is 24.0 Å². The molecule has 0 unspecified atom stereocenters. The zero-order valence-electron chi connectivity index (χ0n) is 12.6. The number of rotatable bonds is 3. The SMILES string of the molecule is CC(C)(C)NC(N)=NCCc1cn2c(n1)CCCC2.I. The second kappa shape index (κ2) is 7.28. The zero-order chi connectivity index (χ0) is 13.9. The van der Waals surface area contributed by atoms with Crippen LogP contribution < -0.4 is 11.1 Å². The van der Waals surface area contributed by atoms with E-state index in [1.807, 2.05) is 0 Å². The minimum atomic E-state index is -0.0406. The normalized spacial score (nSPS) is 15.4. The lowest BCUT2D eigenvalue weighted by Crippen LogP contribution is -2.45. The quantitative estimate of drug-likeness (QED) is 0.471. The average Bonchev–Trinajstić information content (AvgIpc) is 2.68. The topological polar surface area (TPSA) is 68.2 Å². The van der Waals surface area contributed by atoms with Gasteiger partial charge in [-0.2, -0.15) is 0 Å². The van der Waals surface area contributed by atoms with Crippen LogP contribution in [0.25, 0.3) is 0 Å². The first-order valence-corrected chi connectivity index (χ1v) is 7.07. The molecule has 0 atom stereocenters. The predicted molar refractivity (Wildman–Crippen MR) is 93.7 cm³/mol. The maximum Gasteiger partial charge on any atom is 0.188 e. The van der Waals surface area contributed by atoms with Crippen molar-refractivity contribution < 1.29 is 0 Å². The van der Waals surface area contributed by atoms with E-state index in [-0.39, 0.29) is 29.5 Å². The second-order valence-corrected chi connectivity index (χ2v) is 6.19. The molecule has 2 heterocycles. The molecule has 6 heteroatoms. The molecule has 0 saturated carbocycles. The Balaban J connectivity index is 0.00000200. The van der Waals surface area contributed by atoms with Gasteiger partial charge in [-0.25, -0.2) is 4.98 Å². The minimum absolute atomic E-state index is 0. The van der Waals surface area contributed by atoms with Crippen LogP contribution in [-0.4, -0.2) is 27.6 Å². The molecule has 1 aromatic heterocycles. The molecule has 0 aromatic carbocycles. The summed E-state index contributed by atoms with van der Waals surface area (Å²) in [5.41, 5.74) is 6.92. The van der Waals surface area contributed by atoms with Crippen molar-refractivity contribution in [3.8, 4) is 0 Å². The second-order valence-electron chi connectivity index (χ2n) is 6.19. The molecule has 114 valence electrons. The van der Waals surface area contributed by atoms with Crippen molar-refractivity contribution in [2.75, 3.05) is 6.54 Å². The summed E-state index contributed by atoms with van der Waals surface area (Å²) in [6.07, 6.45) is 6.65. The van der Waals surface area contributed by atoms with E-state index in [2.05, 4.69) is 46.8 Å². The van der Waals surface area contributed by atoms with Crippen molar-refractivity contribution in [1.82, 2.24) is 14.9 Å². The molecule has 0 aliphatic carbocycles. The Morgan fingerprint density at radius 3 is 2.85 bits per heavy atom. The van der Waals surface area contributed by atoms with Crippen LogP contribution in [0.2, 0.25) is 0 Å². The van der Waals surface area contributed by atoms with Crippen LogP contribution in [0.15, 0.2) is 11.2 Å². The molecule has 0 spiro atoms. The fraction of sp³-hybridized carbons (Fsp3) is 0.714. The summed E-state index contributed by atoms with van der Waals surface area (Å²) in [4.78, 5) is 9.00. The predicted octanol–water partition coefficient (Wildman–Crippen LogP) is 2.08. The maximum absolute atomic E-state index is 5.83. The van der Waals surface area contributed by atoms with Gasteiger partial charge in [-0.3, -0.25) is 4.99 Å². The van der Waals surface area contributed by atoms with Gasteiger partial charge in [0.15, 0.2) is 5.96 Å². The van der Waals surface area contributed by atoms with Crippen LogP contribution in [0, 0.1) is 0 Å². The van der Waals surface area contributed by atoms with Crippen molar-refractivity contribution in [3.63, 3.8) is 0 Å². The highest BCUT2D eigenvalue weighted by molar-refractivity contribution is 14.0. The third kappa shape index (κ3) is 5.30. The molecule has 2 rings (SSSR count). The standard InChI is InChI=1S/C14H25N5.HI/c1-14(2,3)18-13(15)16-8-7-11-10-19-9-5-4-6-12(19)17-11;/h10H,4-9H2,1-3H3,(H3,15,16,18);1H. The van der Waals surface area contributed by atoms with Gasteiger partial charge < -0.3 is 15.6 Å². The van der Waals surface area contributed by atoms with E-state index in [1.165, 1.54) is 18.7 Å². The zero-order valence-corrected chi connectivity index (χ0v) is 15.0. The Bertz CT molecular complexity index is 435. The molecule has 5 nitrogen and oxygen atoms in total. The van der Waals surface area contributed by atoms with Gasteiger partial charge >= 0.3 is 0 Å². The number of nitrogens with two attached hydrogens (primary N) is 1. The van der Waals surface area contributed by atoms with Gasteiger partial charge in [0, 0.05) is 37.7 Å². The van der Waals surface area contributed by atoms with Crippen LogP contribution in [0.1, 0.15) is 45.1 Å². The number of imidazole rings is 1. The number of fused-ring (bicyclic) bond motifs is 1. The van der Waals surface area contributed by atoms with E-state index in [4.69, 9.17) is 5.73 Å². The van der Waals surface area contributed by atoms with E-state index in [0.29, 0.717) is 12.5 Å². The Kier molecular flexibility index (Phi) is 6.29. The highest BCUT2D eigenvalue weighted by atomic mass is 127. The van der Waals surface area contributed by atoms with Crippen LogP contribution in [-0.2, 0) is 19.4 Å². The maximum atomic E-state index is 5.83. The van der Waals surface area contributed by atoms with E-state index in [9.17, 15) is 0 Å². The summed E-state index contributed by atoms with van der Waals surface area (Å²) in [6, 6.07) is 0. The van der Waals surface area contributed by atoms with E-state index >= 15 is 0 Å². The van der Waals surface area contributed by atoms with Gasteiger partial charge in [-0.15, -0.1) is 24.0 Å². The lowest BCUT2D eigenvalue weighted by molar-refractivity contribution is 0.508. The molecule has 0 fully saturated rings. The van der Waals surface area contributed by atoms with E-state index in [1.54, 1.807) is 0 Å². The van der Waals surface area contributed by atoms with Crippen molar-refractivity contribution >= 4 is 29.9 Å². The lowest BCUT2D eigenvalue weighted by Gasteiger charge is -2.20. The number of nitrogens with one attached hydrogen (secondary N) is 1. The van der Waals surface area contributed by atoms with Crippen molar-refractivity contribution in [2.45, 2.75) is 58.5 Å². The summed E-state index contributed by atoms with van der Waals surface area (Å²) >= 11 is 0. The number of aryl methyl sites for hydroxylation is 2. The number of aliphatic imine (C=N–C) groups is 1. The Morgan fingerprint density at radius 1 is 1.45 bits per heavy atom. The van der Waals surface area contributed by atoms with Gasteiger partial charge in [0.25, 0.3) is 0 Å². The summed E-state index contributed by atoms with van der Waals surface area (Å²) in [6.45, 7) is 8.00. The number of hydrogen-bond acceptors (Lipinski definition) is 2. The first kappa shape index (κ1) is 17.3. The third-order valence-corrected chi connectivity index (χ3v) is 3.11. The summed E-state index contributed by atoms with van der Waals surface area (Å²) < 4.78 is 2.28. The molecule has 0 bridgehead atoms. The van der Waals surface area contributed by atoms with Gasteiger partial charge in [-0.05, 0) is 33.6 Å². The van der Waals surface area contributed by atoms with E-state index in [0.717, 1.165) is 25.1 Å². The molecule has 1 aliphatic heterocycles. The molecule has 20 heavy (non-hydrogen) atoms. The molecule has 0 radical (unpaired) electrons. The smallest absolute Gasteiger partial charge is 0.188 e. The molecular weight excluding hydrogens is 365 g/mol. The number of guanidine groups is 1. The third-order valence-electron chi connectivity index (χ3n) is 3.11. The fourth-order valence-electron chi connectivity index (χ4n) is 2.31. The summed E-state index contributed by atoms with van der Waals surface area (Å²) in [5.74, 6) is 1.74. The molecule has 0 amide bonds. The highest BCUT2D eigenvalue weighted by Gasteiger charge is 2.12. The molecule has 0 saturated heterocycles. The average molecular weight is 391 g/mol. The first-order valence-electron chi connectivity index (χ1n) is 7.07. The number of nitrogens with zero attached hydrogens (tertiary/aromatic N) is 3. The highest BCUT2D eigenvalue weighted by Crippen LogP contribution is 2.14.